The molecule has 4 amide bonds. The number of carbonyl (C=O) groups excluding carboxylic acids is 3. The van der Waals surface area contributed by atoms with E-state index in [-0.39, 0.29) is 25.8 Å². The van der Waals surface area contributed by atoms with Crippen molar-refractivity contribution in [3.05, 3.63) is 85.0 Å². The number of benzene rings is 2. The summed E-state index contributed by atoms with van der Waals surface area (Å²) in [5.74, 6) is -1.80. The van der Waals surface area contributed by atoms with Crippen molar-refractivity contribution in [3.63, 3.8) is 0 Å². The summed E-state index contributed by atoms with van der Waals surface area (Å²) >= 11 is 1.62. The summed E-state index contributed by atoms with van der Waals surface area (Å²) in [6, 6.07) is 15.9. The molecular formula is C36H42N4O7S2. The van der Waals surface area contributed by atoms with Gasteiger partial charge in [0.1, 0.15) is 17.6 Å². The fourth-order valence-corrected chi connectivity index (χ4v) is 9.69. The van der Waals surface area contributed by atoms with Gasteiger partial charge in [0.05, 0.1) is 10.00 Å². The van der Waals surface area contributed by atoms with E-state index in [1.165, 1.54) is 11.0 Å². The number of nitrogens with one attached hydrogen (secondary N) is 3. The lowest BCUT2D eigenvalue weighted by Crippen LogP contribution is -2.58. The van der Waals surface area contributed by atoms with Crippen LogP contribution in [0.15, 0.2) is 79.4 Å². The van der Waals surface area contributed by atoms with Crippen LogP contribution in [0.1, 0.15) is 56.9 Å². The molecule has 2 bridgehead atoms. The number of hydrogen-bond donors (Lipinski definition) is 4. The van der Waals surface area contributed by atoms with Crippen LogP contribution in [0.3, 0.4) is 0 Å². The van der Waals surface area contributed by atoms with Gasteiger partial charge in [-0.05, 0) is 61.6 Å². The molecule has 2 heterocycles. The average Bonchev–Trinajstić information content (AvgIpc) is 4.02. The number of fused-ring (bicyclic) bond motifs is 2. The molecule has 13 heteroatoms. The Labute approximate surface area is 291 Å². The van der Waals surface area contributed by atoms with E-state index in [0.29, 0.717) is 25.0 Å². The highest BCUT2D eigenvalue weighted by molar-refractivity contribution is 8.00. The maximum absolute atomic E-state index is 14.4. The lowest BCUT2D eigenvalue weighted by Gasteiger charge is -2.31. The first-order valence-electron chi connectivity index (χ1n) is 16.7. The van der Waals surface area contributed by atoms with Crippen LogP contribution in [0.25, 0.3) is 11.1 Å². The Morgan fingerprint density at radius 2 is 1.67 bits per heavy atom. The van der Waals surface area contributed by atoms with Crippen molar-refractivity contribution in [2.75, 3.05) is 12.3 Å². The lowest BCUT2D eigenvalue weighted by molar-refractivity contribution is -0.141. The van der Waals surface area contributed by atoms with Crippen molar-refractivity contribution < 1.29 is 32.7 Å². The van der Waals surface area contributed by atoms with Crippen LogP contribution in [0.4, 0.5) is 4.79 Å². The third-order valence-electron chi connectivity index (χ3n) is 10.0. The van der Waals surface area contributed by atoms with Crippen LogP contribution < -0.4 is 15.4 Å². The van der Waals surface area contributed by atoms with Gasteiger partial charge < -0.3 is 20.6 Å². The highest BCUT2D eigenvalue weighted by Gasteiger charge is 2.62. The molecule has 2 saturated carbocycles. The first-order chi connectivity index (χ1) is 23.5. The van der Waals surface area contributed by atoms with E-state index in [9.17, 15) is 32.7 Å². The standard InChI is InChI=1S/C36H42N4O7S2/c1-2-26-21-36(26,33(43)39-49(46,47)28-18-19-28)38-31(41)30-22-35(27-16-14-25(15-17-27)24-11-7-6-8-12-24)23-40(30)32(42)29(37-34(44)45)13-9-4-3-5-10-20-48-35/h2,5-8,10-12,14-17,26,28-30,37H,1,3-4,9,13,18-23H2,(H,38,41)(H,39,43)(H,44,45)/t26-,29+,30+,35+,36-/m1/s1. The summed E-state index contributed by atoms with van der Waals surface area (Å²) in [4.78, 5) is 55.4. The van der Waals surface area contributed by atoms with Gasteiger partial charge in [0.2, 0.25) is 21.8 Å². The Balaban J connectivity index is 1.35. The molecule has 2 aliphatic carbocycles. The van der Waals surface area contributed by atoms with E-state index >= 15 is 0 Å². The van der Waals surface area contributed by atoms with E-state index < -0.39 is 67.4 Å². The minimum absolute atomic E-state index is 0.130. The van der Waals surface area contributed by atoms with Crippen molar-refractivity contribution >= 4 is 45.6 Å². The highest BCUT2D eigenvalue weighted by Crippen LogP contribution is 2.50. The number of sulfonamides is 1. The lowest BCUT2D eigenvalue weighted by atomic mass is 9.93. The van der Waals surface area contributed by atoms with Crippen LogP contribution in [-0.2, 0) is 29.2 Å². The average molecular weight is 707 g/mol. The predicted molar refractivity (Wildman–Crippen MR) is 188 cm³/mol. The van der Waals surface area contributed by atoms with E-state index in [4.69, 9.17) is 0 Å². The van der Waals surface area contributed by atoms with Crippen LogP contribution in [0.5, 0.6) is 0 Å². The molecule has 6 rings (SSSR count). The number of amides is 4. The van der Waals surface area contributed by atoms with Gasteiger partial charge in [0.15, 0.2) is 0 Å². The second-order valence-electron chi connectivity index (χ2n) is 13.4. The summed E-state index contributed by atoms with van der Waals surface area (Å²) < 4.78 is 26.8. The van der Waals surface area contributed by atoms with Gasteiger partial charge >= 0.3 is 6.09 Å². The van der Waals surface area contributed by atoms with Crippen LogP contribution in [0, 0.1) is 5.92 Å². The number of carboxylic acid groups (broad SMARTS) is 1. The quantitative estimate of drug-likeness (QED) is 0.281. The summed E-state index contributed by atoms with van der Waals surface area (Å²) in [7, 11) is -3.88. The normalized spacial score (nSPS) is 28.7. The molecule has 0 radical (unpaired) electrons. The Bertz CT molecular complexity index is 1750. The fourth-order valence-electron chi connectivity index (χ4n) is 6.96. The van der Waals surface area contributed by atoms with Gasteiger partial charge in [-0.2, -0.15) is 0 Å². The Morgan fingerprint density at radius 3 is 2.33 bits per heavy atom. The minimum Gasteiger partial charge on any atom is -0.465 e. The molecule has 4 aliphatic rings. The van der Waals surface area contributed by atoms with Crippen molar-refractivity contribution in [1.82, 2.24) is 20.3 Å². The second-order valence-corrected chi connectivity index (χ2v) is 16.7. The number of hydrogen-bond acceptors (Lipinski definition) is 7. The molecule has 260 valence electrons. The van der Waals surface area contributed by atoms with Gasteiger partial charge in [-0.1, -0.05) is 79.2 Å². The van der Waals surface area contributed by atoms with E-state index in [0.717, 1.165) is 29.5 Å². The third-order valence-corrected chi connectivity index (χ3v) is 13.3. The smallest absolute Gasteiger partial charge is 0.405 e. The number of rotatable bonds is 9. The van der Waals surface area contributed by atoms with Crippen LogP contribution in [0.2, 0.25) is 0 Å². The van der Waals surface area contributed by atoms with Crippen molar-refractivity contribution in [1.29, 1.82) is 0 Å². The summed E-state index contributed by atoms with van der Waals surface area (Å²) in [6.45, 7) is 3.91. The van der Waals surface area contributed by atoms with Gasteiger partial charge in [-0.3, -0.25) is 19.1 Å². The zero-order valence-corrected chi connectivity index (χ0v) is 28.8. The third kappa shape index (κ3) is 7.42. The number of nitrogens with zero attached hydrogens (tertiary/aromatic N) is 1. The van der Waals surface area contributed by atoms with E-state index in [1.54, 1.807) is 11.8 Å². The highest BCUT2D eigenvalue weighted by atomic mass is 32.2. The van der Waals surface area contributed by atoms with Gasteiger partial charge in [-0.25, -0.2) is 13.2 Å². The van der Waals surface area contributed by atoms with E-state index in [2.05, 4.69) is 34.1 Å². The Hall–Kier alpha value is -4.10. The maximum Gasteiger partial charge on any atom is 0.405 e. The van der Waals surface area contributed by atoms with Gasteiger partial charge in [0, 0.05) is 18.2 Å². The molecule has 0 spiro atoms. The maximum atomic E-state index is 14.4. The topological polar surface area (TPSA) is 162 Å². The molecule has 2 aliphatic heterocycles. The molecule has 2 aromatic carbocycles. The molecule has 4 N–H and O–H groups in total. The number of thioether (sulfide) groups is 1. The Kier molecular flexibility index (Phi) is 9.95. The zero-order chi connectivity index (χ0) is 34.8. The summed E-state index contributed by atoms with van der Waals surface area (Å²) in [6.07, 6.45) is 8.12. The fraction of sp³-hybridized carbons (Fsp3) is 0.444. The first kappa shape index (κ1) is 34.8. The molecule has 49 heavy (non-hydrogen) atoms. The summed E-state index contributed by atoms with van der Waals surface area (Å²) in [5.41, 5.74) is 1.45. The van der Waals surface area contributed by atoms with Crippen molar-refractivity contribution in [3.8, 4) is 11.1 Å². The van der Waals surface area contributed by atoms with Gasteiger partial charge in [0.25, 0.3) is 5.91 Å². The molecule has 1 saturated heterocycles. The monoisotopic (exact) mass is 706 g/mol. The van der Waals surface area contributed by atoms with E-state index in [1.807, 2.05) is 54.6 Å². The van der Waals surface area contributed by atoms with Crippen LogP contribution >= 0.6 is 11.8 Å². The molecule has 11 nitrogen and oxygen atoms in total. The molecular weight excluding hydrogens is 665 g/mol. The molecule has 0 aromatic heterocycles. The zero-order valence-electron chi connectivity index (χ0n) is 27.2. The first-order valence-corrected chi connectivity index (χ1v) is 19.3. The second kappa shape index (κ2) is 14.0. The largest absolute Gasteiger partial charge is 0.465 e. The molecule has 5 atom stereocenters. The summed E-state index contributed by atoms with van der Waals surface area (Å²) in [5, 5.41) is 14.2. The minimum atomic E-state index is -3.88. The molecule has 3 fully saturated rings. The number of carbonyl (C=O) groups is 4. The Morgan fingerprint density at radius 1 is 0.959 bits per heavy atom. The molecule has 0 unspecified atom stereocenters. The SMILES string of the molecule is C=C[C@@H]1C[C@]1(NC(=O)[C@@H]1C[C@@]2(c3ccc(-c4ccccc4)cc3)CN1C(=O)[C@@H](NC(=O)O)CCCCC=CCS2)C(=O)NS(=O)(=O)C1CC1. The van der Waals surface area contributed by atoms with Crippen molar-refractivity contribution in [2.45, 2.75) is 79.0 Å². The predicted octanol–water partition coefficient (Wildman–Crippen LogP) is 4.32. The molecule has 2 aromatic rings. The van der Waals surface area contributed by atoms with Crippen LogP contribution in [-0.4, -0.2) is 77.4 Å². The number of allylic oxidation sites excluding steroid dienone is 1. The van der Waals surface area contributed by atoms with Gasteiger partial charge in [-0.15, -0.1) is 18.3 Å². The van der Waals surface area contributed by atoms with Crippen molar-refractivity contribution in [2.24, 2.45) is 5.92 Å².